The number of ether oxygens (including phenoxy) is 1. The van der Waals surface area contributed by atoms with Gasteiger partial charge in [0.2, 0.25) is 11.7 Å². The number of hydrogen-bond donors (Lipinski definition) is 1. The molecule has 3 aromatic rings. The van der Waals surface area contributed by atoms with Crippen molar-refractivity contribution >= 4 is 23.3 Å². The zero-order valence-corrected chi connectivity index (χ0v) is 16.4. The van der Waals surface area contributed by atoms with Gasteiger partial charge in [0, 0.05) is 23.5 Å². The van der Waals surface area contributed by atoms with Crippen LogP contribution < -0.4 is 15.0 Å². The molecule has 0 unspecified atom stereocenters. The van der Waals surface area contributed by atoms with Crippen LogP contribution in [0.1, 0.15) is 17.7 Å². The summed E-state index contributed by atoms with van der Waals surface area (Å²) in [4.78, 5) is 20.2. The molecular formula is C20H22N4O3S. The van der Waals surface area contributed by atoms with Gasteiger partial charge in [-0.05, 0) is 48.6 Å². The molecule has 0 saturated carbocycles. The molecule has 0 radical (unpaired) electrons. The van der Waals surface area contributed by atoms with Crippen molar-refractivity contribution in [1.82, 2.24) is 15.5 Å². The summed E-state index contributed by atoms with van der Waals surface area (Å²) in [5.74, 6) is 1.31. The predicted octanol–water partition coefficient (Wildman–Crippen LogP) is 3.34. The molecule has 0 aliphatic carbocycles. The van der Waals surface area contributed by atoms with Gasteiger partial charge in [-0.25, -0.2) is 0 Å². The standard InChI is InChI=1S/C20H22N4O3S/c1-26-16-8-6-14(7-9-16)18-22-20(27-23-18)24-10-2-4-15(13-24)19(25)21-12-17-5-3-11-28-17/h3,5-9,11,15H,2,4,10,12-13H2,1H3,(H,21,25)/t15-/m0/s1. The normalized spacial score (nSPS) is 16.8. The Morgan fingerprint density at radius 2 is 2.21 bits per heavy atom. The van der Waals surface area contributed by atoms with Crippen LogP contribution in [-0.2, 0) is 11.3 Å². The fourth-order valence-corrected chi connectivity index (χ4v) is 3.94. The number of methoxy groups -OCH3 is 1. The molecule has 0 spiro atoms. The van der Waals surface area contributed by atoms with E-state index in [9.17, 15) is 4.79 Å². The molecule has 1 aliphatic heterocycles. The van der Waals surface area contributed by atoms with E-state index in [2.05, 4.69) is 15.5 Å². The Morgan fingerprint density at radius 1 is 1.36 bits per heavy atom. The van der Waals surface area contributed by atoms with Crippen LogP contribution in [0.4, 0.5) is 6.01 Å². The monoisotopic (exact) mass is 398 g/mol. The molecule has 7 nitrogen and oxygen atoms in total. The number of hydrogen-bond acceptors (Lipinski definition) is 7. The molecule has 4 rings (SSSR count). The SMILES string of the molecule is COc1ccc(-c2noc(N3CCC[C@H](C(=O)NCc4cccs4)C3)n2)cc1. The molecule has 1 amide bonds. The van der Waals surface area contributed by atoms with Crippen molar-refractivity contribution < 1.29 is 14.1 Å². The van der Waals surface area contributed by atoms with Gasteiger partial charge in [-0.3, -0.25) is 4.79 Å². The average molecular weight is 398 g/mol. The molecule has 1 atom stereocenters. The number of amides is 1. The molecule has 3 heterocycles. The predicted molar refractivity (Wildman–Crippen MR) is 107 cm³/mol. The lowest BCUT2D eigenvalue weighted by Crippen LogP contribution is -2.43. The summed E-state index contributed by atoms with van der Waals surface area (Å²) in [5.41, 5.74) is 0.859. The van der Waals surface area contributed by atoms with Crippen molar-refractivity contribution in [3.8, 4) is 17.1 Å². The highest BCUT2D eigenvalue weighted by Gasteiger charge is 2.28. The molecule has 1 fully saturated rings. The third kappa shape index (κ3) is 4.17. The minimum atomic E-state index is -0.0787. The Hall–Kier alpha value is -2.87. The van der Waals surface area contributed by atoms with Gasteiger partial charge < -0.3 is 19.5 Å². The number of carbonyl (C=O) groups excluding carboxylic acids is 1. The zero-order valence-electron chi connectivity index (χ0n) is 15.6. The van der Waals surface area contributed by atoms with Gasteiger partial charge in [0.05, 0.1) is 19.6 Å². The quantitative estimate of drug-likeness (QED) is 0.686. The maximum Gasteiger partial charge on any atom is 0.324 e. The minimum absolute atomic E-state index is 0.0768. The second kappa shape index (κ2) is 8.43. The molecule has 146 valence electrons. The summed E-state index contributed by atoms with van der Waals surface area (Å²) in [6.07, 6.45) is 1.78. The second-order valence-electron chi connectivity index (χ2n) is 6.71. The fraction of sp³-hybridized carbons (Fsp3) is 0.350. The van der Waals surface area contributed by atoms with E-state index < -0.39 is 0 Å². The summed E-state index contributed by atoms with van der Waals surface area (Å²) >= 11 is 1.65. The van der Waals surface area contributed by atoms with Gasteiger partial charge in [-0.2, -0.15) is 4.98 Å². The third-order valence-corrected chi connectivity index (χ3v) is 5.72. The lowest BCUT2D eigenvalue weighted by atomic mass is 9.97. The van der Waals surface area contributed by atoms with Crippen LogP contribution in [-0.4, -0.2) is 36.2 Å². The number of aromatic nitrogens is 2. The van der Waals surface area contributed by atoms with Crippen molar-refractivity contribution in [1.29, 1.82) is 0 Å². The lowest BCUT2D eigenvalue weighted by molar-refractivity contribution is -0.125. The highest BCUT2D eigenvalue weighted by molar-refractivity contribution is 7.09. The Balaban J connectivity index is 1.38. The highest BCUT2D eigenvalue weighted by atomic mass is 32.1. The largest absolute Gasteiger partial charge is 0.497 e. The van der Waals surface area contributed by atoms with E-state index in [1.165, 1.54) is 0 Å². The number of piperidine rings is 1. The van der Waals surface area contributed by atoms with Crippen molar-refractivity contribution in [2.45, 2.75) is 19.4 Å². The summed E-state index contributed by atoms with van der Waals surface area (Å²) in [5, 5.41) is 9.14. The summed E-state index contributed by atoms with van der Waals surface area (Å²) in [7, 11) is 1.63. The van der Waals surface area contributed by atoms with Gasteiger partial charge >= 0.3 is 6.01 Å². The number of carbonyl (C=O) groups is 1. The molecule has 28 heavy (non-hydrogen) atoms. The number of thiophene rings is 1. The molecule has 1 aliphatic rings. The smallest absolute Gasteiger partial charge is 0.324 e. The Bertz CT molecular complexity index is 908. The topological polar surface area (TPSA) is 80.5 Å². The molecule has 1 saturated heterocycles. The maximum absolute atomic E-state index is 12.5. The van der Waals surface area contributed by atoms with Crippen molar-refractivity contribution in [3.63, 3.8) is 0 Å². The molecular weight excluding hydrogens is 376 g/mol. The summed E-state index contributed by atoms with van der Waals surface area (Å²) in [6.45, 7) is 1.97. The highest BCUT2D eigenvalue weighted by Crippen LogP contribution is 2.26. The molecule has 1 aromatic carbocycles. The lowest BCUT2D eigenvalue weighted by Gasteiger charge is -2.30. The Kier molecular flexibility index (Phi) is 5.57. The first-order valence-corrected chi connectivity index (χ1v) is 10.1. The zero-order chi connectivity index (χ0) is 19.3. The third-order valence-electron chi connectivity index (χ3n) is 4.84. The number of nitrogens with one attached hydrogen (secondary N) is 1. The molecule has 0 bridgehead atoms. The minimum Gasteiger partial charge on any atom is -0.497 e. The maximum atomic E-state index is 12.5. The number of nitrogens with zero attached hydrogens (tertiary/aromatic N) is 3. The van der Waals surface area contributed by atoms with Crippen LogP contribution in [0.15, 0.2) is 46.3 Å². The van der Waals surface area contributed by atoms with E-state index in [4.69, 9.17) is 9.26 Å². The molecule has 2 aromatic heterocycles. The summed E-state index contributed by atoms with van der Waals surface area (Å²) < 4.78 is 10.6. The van der Waals surface area contributed by atoms with E-state index >= 15 is 0 Å². The first kappa shape index (κ1) is 18.5. The fourth-order valence-electron chi connectivity index (χ4n) is 3.30. The first-order chi connectivity index (χ1) is 13.7. The Morgan fingerprint density at radius 3 is 2.96 bits per heavy atom. The van der Waals surface area contributed by atoms with E-state index in [1.807, 2.05) is 46.7 Å². The van der Waals surface area contributed by atoms with E-state index in [1.54, 1.807) is 18.4 Å². The van der Waals surface area contributed by atoms with Crippen LogP contribution in [0.3, 0.4) is 0 Å². The van der Waals surface area contributed by atoms with Crippen molar-refractivity contribution in [2.75, 3.05) is 25.1 Å². The van der Waals surface area contributed by atoms with E-state index in [-0.39, 0.29) is 11.8 Å². The van der Waals surface area contributed by atoms with Crippen LogP contribution in [0.5, 0.6) is 5.75 Å². The van der Waals surface area contributed by atoms with Gasteiger partial charge in [0.15, 0.2) is 0 Å². The van der Waals surface area contributed by atoms with Gasteiger partial charge in [0.25, 0.3) is 0 Å². The van der Waals surface area contributed by atoms with Gasteiger partial charge in [-0.1, -0.05) is 11.2 Å². The van der Waals surface area contributed by atoms with Gasteiger partial charge in [-0.15, -0.1) is 11.3 Å². The van der Waals surface area contributed by atoms with E-state index in [0.717, 1.165) is 35.6 Å². The average Bonchev–Trinajstić information content (AvgIpc) is 3.44. The Labute approximate surface area is 167 Å². The van der Waals surface area contributed by atoms with Crippen molar-refractivity contribution in [3.05, 3.63) is 46.7 Å². The molecule has 8 heteroatoms. The van der Waals surface area contributed by atoms with Crippen LogP contribution >= 0.6 is 11.3 Å². The van der Waals surface area contributed by atoms with Crippen LogP contribution in [0.25, 0.3) is 11.4 Å². The molecule has 1 N–H and O–H groups in total. The second-order valence-corrected chi connectivity index (χ2v) is 7.74. The summed E-state index contributed by atoms with van der Waals surface area (Å²) in [6, 6.07) is 12.0. The number of benzene rings is 1. The van der Waals surface area contributed by atoms with Gasteiger partial charge in [0.1, 0.15) is 5.75 Å². The van der Waals surface area contributed by atoms with E-state index in [0.29, 0.717) is 24.9 Å². The van der Waals surface area contributed by atoms with Crippen LogP contribution in [0.2, 0.25) is 0 Å². The number of rotatable bonds is 6. The first-order valence-electron chi connectivity index (χ1n) is 9.26. The van der Waals surface area contributed by atoms with Crippen LogP contribution in [0, 0.1) is 5.92 Å². The number of anilines is 1. The van der Waals surface area contributed by atoms with Crippen molar-refractivity contribution in [2.24, 2.45) is 5.92 Å².